The molecule has 1 heteroatoms. The monoisotopic (exact) mass is 270 g/mol. The van der Waals surface area contributed by atoms with E-state index in [0.29, 0.717) is 0 Å². The third kappa shape index (κ3) is 1.82. The fourth-order valence-electron chi connectivity index (χ4n) is 3.10. The highest BCUT2D eigenvalue weighted by molar-refractivity contribution is 5.93. The second-order valence-electron chi connectivity index (χ2n) is 5.33. The van der Waals surface area contributed by atoms with Crippen LogP contribution in [0.25, 0.3) is 27.5 Å². The molecule has 0 radical (unpaired) electrons. The molecule has 0 fully saturated rings. The van der Waals surface area contributed by atoms with Crippen LogP contribution in [0.1, 0.15) is 5.56 Å². The smallest absolute Gasteiger partial charge is 0.153 e. The molecule has 0 unspecified atom stereocenters. The second-order valence-corrected chi connectivity index (χ2v) is 5.33. The summed E-state index contributed by atoms with van der Waals surface area (Å²) in [6.45, 7) is 2.21. The summed E-state index contributed by atoms with van der Waals surface area (Å²) in [5.41, 5.74) is 5.04. The Morgan fingerprint density at radius 3 is 1.62 bits per heavy atom. The number of aryl methyl sites for hydroxylation is 1. The van der Waals surface area contributed by atoms with Crippen LogP contribution in [0, 0.1) is 6.92 Å². The molecule has 0 saturated heterocycles. The quantitative estimate of drug-likeness (QED) is 0.352. The zero-order valence-electron chi connectivity index (χ0n) is 12.0. The fraction of sp³-hybridized carbons (Fsp3) is 0.0500. The highest BCUT2D eigenvalue weighted by Crippen LogP contribution is 2.25. The molecule has 0 aliphatic carbocycles. The predicted molar refractivity (Wildman–Crippen MR) is 87.7 cm³/mol. The van der Waals surface area contributed by atoms with Gasteiger partial charge in [-0.15, -0.1) is 0 Å². The topological polar surface area (TPSA) is 3.88 Å². The van der Waals surface area contributed by atoms with E-state index in [1.54, 1.807) is 0 Å². The molecule has 1 heterocycles. The number of rotatable bonds is 1. The first-order chi connectivity index (χ1) is 10.4. The number of hydrogen-bond acceptors (Lipinski definition) is 0. The van der Waals surface area contributed by atoms with Gasteiger partial charge in [0, 0.05) is 24.3 Å². The van der Waals surface area contributed by atoms with Crippen molar-refractivity contribution < 1.29 is 4.57 Å². The van der Waals surface area contributed by atoms with Crippen molar-refractivity contribution in [2.24, 2.45) is 0 Å². The molecule has 100 valence electrons. The number of benzene rings is 3. The van der Waals surface area contributed by atoms with E-state index in [0.717, 1.165) is 0 Å². The van der Waals surface area contributed by atoms with Gasteiger partial charge in [0.05, 0.1) is 10.8 Å². The third-order valence-electron chi connectivity index (χ3n) is 4.11. The lowest BCUT2D eigenvalue weighted by Gasteiger charge is -2.08. The molecule has 0 atom stereocenters. The Morgan fingerprint density at radius 1 is 0.571 bits per heavy atom. The molecule has 0 bridgehead atoms. The van der Waals surface area contributed by atoms with Crippen molar-refractivity contribution in [3.8, 4) is 5.69 Å². The van der Waals surface area contributed by atoms with Crippen LogP contribution in [0.3, 0.4) is 0 Å². The molecule has 0 spiro atoms. The second kappa shape index (κ2) is 4.71. The highest BCUT2D eigenvalue weighted by atomic mass is 15.0. The summed E-state index contributed by atoms with van der Waals surface area (Å²) in [6, 6.07) is 27.8. The first kappa shape index (κ1) is 12.1. The molecule has 0 amide bonds. The van der Waals surface area contributed by atoms with Gasteiger partial charge in [0.25, 0.3) is 0 Å². The molecule has 3 aromatic carbocycles. The van der Waals surface area contributed by atoms with E-state index < -0.39 is 0 Å². The van der Waals surface area contributed by atoms with E-state index in [9.17, 15) is 0 Å². The Balaban J connectivity index is 2.28. The van der Waals surface area contributed by atoms with Crippen molar-refractivity contribution >= 4 is 21.8 Å². The maximum Gasteiger partial charge on any atom is 0.219 e. The Labute approximate surface area is 124 Å². The highest BCUT2D eigenvalue weighted by Gasteiger charge is 2.19. The molecule has 1 nitrogen and oxygen atoms in total. The molecule has 1 aromatic heterocycles. The molecule has 4 aromatic rings. The lowest BCUT2D eigenvalue weighted by atomic mass is 10.0. The third-order valence-corrected chi connectivity index (χ3v) is 4.11. The molecule has 0 saturated carbocycles. The van der Waals surface area contributed by atoms with E-state index >= 15 is 0 Å². The number of para-hydroxylation sites is 3. The summed E-state index contributed by atoms with van der Waals surface area (Å²) in [5, 5.41) is 2.61. The van der Waals surface area contributed by atoms with E-state index in [2.05, 4.69) is 90.4 Å². The fourth-order valence-corrected chi connectivity index (χ4v) is 3.10. The Bertz CT molecular complexity index is 883. The minimum absolute atomic E-state index is 1.20. The van der Waals surface area contributed by atoms with Crippen molar-refractivity contribution in [2.75, 3.05) is 0 Å². The van der Waals surface area contributed by atoms with Crippen LogP contribution in [0.5, 0.6) is 0 Å². The Hall–Kier alpha value is -2.67. The van der Waals surface area contributed by atoms with Gasteiger partial charge in [-0.2, -0.15) is 4.57 Å². The van der Waals surface area contributed by atoms with Crippen molar-refractivity contribution in [3.05, 3.63) is 84.4 Å². The van der Waals surface area contributed by atoms with Gasteiger partial charge >= 0.3 is 0 Å². The number of hydrogen-bond donors (Lipinski definition) is 0. The zero-order valence-corrected chi connectivity index (χ0v) is 12.0. The van der Waals surface area contributed by atoms with Gasteiger partial charge in [0.15, 0.2) is 0 Å². The zero-order chi connectivity index (χ0) is 14.2. The number of nitrogens with zero attached hydrogens (tertiary/aromatic N) is 1. The molecule has 4 rings (SSSR count). The number of pyridine rings is 1. The Morgan fingerprint density at radius 2 is 1.05 bits per heavy atom. The van der Waals surface area contributed by atoms with Gasteiger partial charge in [-0.25, -0.2) is 0 Å². The van der Waals surface area contributed by atoms with Gasteiger partial charge < -0.3 is 0 Å². The number of fused-ring (bicyclic) bond motifs is 2. The van der Waals surface area contributed by atoms with E-state index in [-0.39, 0.29) is 0 Å². The summed E-state index contributed by atoms with van der Waals surface area (Å²) >= 11 is 0. The van der Waals surface area contributed by atoms with Gasteiger partial charge in [0.1, 0.15) is 0 Å². The molecule has 0 aliphatic heterocycles. The summed E-state index contributed by atoms with van der Waals surface area (Å²) in [5.74, 6) is 0. The first-order valence-corrected chi connectivity index (χ1v) is 7.24. The first-order valence-electron chi connectivity index (χ1n) is 7.24. The minimum atomic E-state index is 1.20. The van der Waals surface area contributed by atoms with Crippen molar-refractivity contribution in [1.82, 2.24) is 0 Å². The van der Waals surface area contributed by atoms with E-state index in [1.807, 2.05) is 0 Å². The van der Waals surface area contributed by atoms with Gasteiger partial charge in [0.2, 0.25) is 16.7 Å². The average Bonchev–Trinajstić information content (AvgIpc) is 2.56. The molecule has 0 N–H and O–H groups in total. The SMILES string of the molecule is Cc1c2ccccc2[n+](-c2ccccc2)c2ccccc12. The summed E-state index contributed by atoms with van der Waals surface area (Å²) < 4.78 is 2.34. The van der Waals surface area contributed by atoms with Crippen LogP contribution in [0.15, 0.2) is 78.9 Å². The number of aromatic nitrogens is 1. The van der Waals surface area contributed by atoms with E-state index in [1.165, 1.54) is 33.1 Å². The summed E-state index contributed by atoms with van der Waals surface area (Å²) in [4.78, 5) is 0. The Kier molecular flexibility index (Phi) is 2.71. The van der Waals surface area contributed by atoms with Crippen LogP contribution in [-0.2, 0) is 0 Å². The lowest BCUT2D eigenvalue weighted by molar-refractivity contribution is -0.538. The minimum Gasteiger partial charge on any atom is -0.153 e. The largest absolute Gasteiger partial charge is 0.219 e. The molecule has 21 heavy (non-hydrogen) atoms. The van der Waals surface area contributed by atoms with Gasteiger partial charge in [-0.1, -0.05) is 42.5 Å². The van der Waals surface area contributed by atoms with Crippen molar-refractivity contribution in [3.63, 3.8) is 0 Å². The summed E-state index contributed by atoms with van der Waals surface area (Å²) in [6.07, 6.45) is 0. The maximum atomic E-state index is 2.34. The summed E-state index contributed by atoms with van der Waals surface area (Å²) in [7, 11) is 0. The average molecular weight is 270 g/mol. The van der Waals surface area contributed by atoms with Crippen LogP contribution in [-0.4, -0.2) is 0 Å². The van der Waals surface area contributed by atoms with Crippen LogP contribution in [0.2, 0.25) is 0 Å². The molecular weight excluding hydrogens is 254 g/mol. The van der Waals surface area contributed by atoms with Gasteiger partial charge in [-0.3, -0.25) is 0 Å². The van der Waals surface area contributed by atoms with Crippen molar-refractivity contribution in [2.45, 2.75) is 6.92 Å². The van der Waals surface area contributed by atoms with Crippen molar-refractivity contribution in [1.29, 1.82) is 0 Å². The van der Waals surface area contributed by atoms with Crippen LogP contribution < -0.4 is 4.57 Å². The molecular formula is C20H16N+. The van der Waals surface area contributed by atoms with Gasteiger partial charge in [-0.05, 0) is 24.6 Å². The van der Waals surface area contributed by atoms with E-state index in [4.69, 9.17) is 0 Å². The lowest BCUT2D eigenvalue weighted by Crippen LogP contribution is -2.33. The standard InChI is InChI=1S/C20H16N/c1-15-17-11-5-7-13-19(17)21(16-9-3-2-4-10-16)20-14-8-6-12-18(15)20/h2-14H,1H3/q+1. The van der Waals surface area contributed by atoms with Crippen LogP contribution in [0.4, 0.5) is 0 Å². The predicted octanol–water partition coefficient (Wildman–Crippen LogP) is 4.58. The van der Waals surface area contributed by atoms with Crippen LogP contribution >= 0.6 is 0 Å². The maximum absolute atomic E-state index is 2.34. The normalized spacial score (nSPS) is 11.1. The molecule has 0 aliphatic rings.